The van der Waals surface area contributed by atoms with E-state index in [0.717, 1.165) is 17.3 Å². The highest BCUT2D eigenvalue weighted by Crippen LogP contribution is 2.32. The molecule has 0 radical (unpaired) electrons. The second-order valence-electron chi connectivity index (χ2n) is 7.39. The molecule has 162 valence electrons. The number of nitrogens with zero attached hydrogens (tertiary/aromatic N) is 2. The number of fused-ring (bicyclic) bond motifs is 2. The summed E-state index contributed by atoms with van der Waals surface area (Å²) in [5, 5.41) is 11.0. The molecule has 1 aromatic heterocycles. The van der Waals surface area contributed by atoms with Crippen molar-refractivity contribution in [2.24, 2.45) is 0 Å². The van der Waals surface area contributed by atoms with Crippen molar-refractivity contribution < 1.29 is 18.8 Å². The molecule has 1 amide bonds. The summed E-state index contributed by atoms with van der Waals surface area (Å²) in [5.41, 5.74) is 2.56. The van der Waals surface area contributed by atoms with Gasteiger partial charge in [0.05, 0.1) is 23.4 Å². The molecule has 8 heteroatoms. The van der Waals surface area contributed by atoms with Gasteiger partial charge in [-0.05, 0) is 11.6 Å². The van der Waals surface area contributed by atoms with Crippen molar-refractivity contribution in [2.75, 3.05) is 11.1 Å². The number of hydrogen-bond donors (Lipinski definition) is 1. The molecule has 7 nitrogen and oxygen atoms in total. The Kier molecular flexibility index (Phi) is 5.58. The summed E-state index contributed by atoms with van der Waals surface area (Å²) in [5.74, 6) is -0.400. The van der Waals surface area contributed by atoms with E-state index in [0.29, 0.717) is 29.1 Å². The van der Waals surface area contributed by atoms with E-state index in [2.05, 4.69) is 15.5 Å². The summed E-state index contributed by atoms with van der Waals surface area (Å²) in [6.07, 6.45) is 0.508. The van der Waals surface area contributed by atoms with Crippen LogP contribution < -0.4 is 5.32 Å². The highest BCUT2D eigenvalue weighted by atomic mass is 32.2. The molecule has 0 aliphatic heterocycles. The molecule has 0 saturated heterocycles. The zero-order valence-corrected chi connectivity index (χ0v) is 18.1. The van der Waals surface area contributed by atoms with E-state index in [9.17, 15) is 14.4 Å². The van der Waals surface area contributed by atoms with E-state index in [-0.39, 0.29) is 39.6 Å². The van der Waals surface area contributed by atoms with E-state index < -0.39 is 0 Å². The van der Waals surface area contributed by atoms with Crippen molar-refractivity contribution >= 4 is 34.9 Å². The Bertz CT molecular complexity index is 1380. The van der Waals surface area contributed by atoms with E-state index in [1.54, 1.807) is 42.5 Å². The van der Waals surface area contributed by atoms with Crippen LogP contribution in [0.1, 0.15) is 43.3 Å². The lowest BCUT2D eigenvalue weighted by atomic mass is 9.83. The van der Waals surface area contributed by atoms with Gasteiger partial charge in [-0.3, -0.25) is 14.4 Å². The number of anilines is 1. The first-order valence-electron chi connectivity index (χ1n) is 10.2. The maximum atomic E-state index is 13.0. The van der Waals surface area contributed by atoms with Crippen LogP contribution in [0, 0.1) is 0 Å². The third-order valence-electron chi connectivity index (χ3n) is 5.20. The highest BCUT2D eigenvalue weighted by molar-refractivity contribution is 7.99. The minimum atomic E-state index is -0.352. The number of carbonyl (C=O) groups is 3. The summed E-state index contributed by atoms with van der Waals surface area (Å²) < 4.78 is 5.61. The third kappa shape index (κ3) is 4.20. The molecule has 4 aromatic rings. The van der Waals surface area contributed by atoms with Crippen LogP contribution in [0.25, 0.3) is 0 Å². The lowest BCUT2D eigenvalue weighted by Gasteiger charge is -2.20. The number of benzene rings is 3. The molecule has 0 fully saturated rings. The minimum absolute atomic E-state index is 0.00929. The second kappa shape index (κ2) is 8.84. The molecule has 3 aromatic carbocycles. The highest BCUT2D eigenvalue weighted by Gasteiger charge is 2.31. The zero-order valence-electron chi connectivity index (χ0n) is 17.3. The lowest BCUT2D eigenvalue weighted by Crippen LogP contribution is -2.24. The van der Waals surface area contributed by atoms with Crippen molar-refractivity contribution in [3.63, 3.8) is 0 Å². The summed E-state index contributed by atoms with van der Waals surface area (Å²) in [6.45, 7) is 0. The van der Waals surface area contributed by atoms with Crippen molar-refractivity contribution in [3.8, 4) is 0 Å². The summed E-state index contributed by atoms with van der Waals surface area (Å²) in [6, 6.07) is 21.3. The predicted octanol–water partition coefficient (Wildman–Crippen LogP) is 4.17. The SMILES string of the molecule is O=C(CSc1nnc(Cc2ccccc2)o1)Nc1cccc2c1C(=O)c1ccccc1C2=O. The topological polar surface area (TPSA) is 102 Å². The molecule has 5 rings (SSSR count). The standard InChI is InChI=1S/C25H17N3O4S/c29-20(14-33-25-28-27-21(32-25)13-15-7-2-1-3-8-15)26-19-12-6-11-18-22(19)24(31)17-10-5-4-9-16(17)23(18)30/h1-12H,13-14H2,(H,26,29). The molecule has 0 saturated carbocycles. The van der Waals surface area contributed by atoms with Crippen LogP contribution in [0.2, 0.25) is 0 Å². The maximum absolute atomic E-state index is 13.0. The molecule has 1 aliphatic rings. The van der Waals surface area contributed by atoms with Gasteiger partial charge in [-0.15, -0.1) is 10.2 Å². The fourth-order valence-corrected chi connectivity index (χ4v) is 4.28. The normalized spacial score (nSPS) is 12.2. The maximum Gasteiger partial charge on any atom is 0.277 e. The van der Waals surface area contributed by atoms with E-state index in [1.807, 2.05) is 30.3 Å². The van der Waals surface area contributed by atoms with E-state index in [1.165, 1.54) is 0 Å². The quantitative estimate of drug-likeness (QED) is 0.384. The fraction of sp³-hybridized carbons (Fsp3) is 0.0800. The summed E-state index contributed by atoms with van der Waals surface area (Å²) >= 11 is 1.10. The monoisotopic (exact) mass is 455 g/mol. The first-order valence-corrected chi connectivity index (χ1v) is 11.2. The molecule has 0 atom stereocenters. The number of carbonyl (C=O) groups excluding carboxylic acids is 3. The van der Waals surface area contributed by atoms with Gasteiger partial charge in [0.1, 0.15) is 0 Å². The molecule has 1 aliphatic carbocycles. The van der Waals surface area contributed by atoms with Crippen LogP contribution in [0.3, 0.4) is 0 Å². The van der Waals surface area contributed by atoms with Crippen LogP contribution in [0.5, 0.6) is 0 Å². The second-order valence-corrected chi connectivity index (χ2v) is 8.32. The van der Waals surface area contributed by atoms with E-state index >= 15 is 0 Å². The Hall–Kier alpha value is -4.04. The number of thioether (sulfide) groups is 1. The summed E-state index contributed by atoms with van der Waals surface area (Å²) in [7, 11) is 0. The van der Waals surface area contributed by atoms with Gasteiger partial charge in [-0.2, -0.15) is 0 Å². The number of hydrogen-bond acceptors (Lipinski definition) is 7. The van der Waals surface area contributed by atoms with E-state index in [4.69, 9.17) is 4.42 Å². The third-order valence-corrected chi connectivity index (χ3v) is 6.02. The smallest absolute Gasteiger partial charge is 0.277 e. The molecule has 0 bridgehead atoms. The fourth-order valence-electron chi connectivity index (χ4n) is 3.70. The number of rotatable bonds is 6. The molecular formula is C25H17N3O4S. The van der Waals surface area contributed by atoms with Crippen molar-refractivity contribution in [2.45, 2.75) is 11.6 Å². The molecule has 33 heavy (non-hydrogen) atoms. The average Bonchev–Trinajstić information content (AvgIpc) is 3.29. The van der Waals surface area contributed by atoms with Gasteiger partial charge in [-0.25, -0.2) is 0 Å². The Labute approximate surface area is 193 Å². The number of aromatic nitrogens is 2. The van der Waals surface area contributed by atoms with Crippen LogP contribution in [0.4, 0.5) is 5.69 Å². The first-order chi connectivity index (χ1) is 16.1. The van der Waals surface area contributed by atoms with Crippen LogP contribution >= 0.6 is 11.8 Å². The predicted molar refractivity (Wildman–Crippen MR) is 123 cm³/mol. The Balaban J connectivity index is 1.27. The zero-order chi connectivity index (χ0) is 22.8. The van der Waals surface area contributed by atoms with Gasteiger partial charge < -0.3 is 9.73 Å². The largest absolute Gasteiger partial charge is 0.416 e. The van der Waals surface area contributed by atoms with Gasteiger partial charge in [-0.1, -0.05) is 78.5 Å². The van der Waals surface area contributed by atoms with Gasteiger partial charge in [0.2, 0.25) is 11.8 Å². The Morgan fingerprint density at radius 3 is 2.30 bits per heavy atom. The molecule has 0 unspecified atom stereocenters. The van der Waals surface area contributed by atoms with Gasteiger partial charge in [0.25, 0.3) is 5.22 Å². The number of amides is 1. The van der Waals surface area contributed by atoms with Crippen LogP contribution in [-0.2, 0) is 11.2 Å². The Morgan fingerprint density at radius 1 is 0.818 bits per heavy atom. The van der Waals surface area contributed by atoms with Crippen LogP contribution in [-0.4, -0.2) is 33.4 Å². The molecular weight excluding hydrogens is 438 g/mol. The lowest BCUT2D eigenvalue weighted by molar-refractivity contribution is -0.113. The van der Waals surface area contributed by atoms with Gasteiger partial charge >= 0.3 is 0 Å². The molecule has 1 N–H and O–H groups in total. The molecule has 1 heterocycles. The average molecular weight is 455 g/mol. The van der Waals surface area contributed by atoms with Crippen molar-refractivity contribution in [1.82, 2.24) is 10.2 Å². The summed E-state index contributed by atoms with van der Waals surface area (Å²) in [4.78, 5) is 38.5. The molecule has 0 spiro atoms. The number of nitrogens with one attached hydrogen (secondary N) is 1. The van der Waals surface area contributed by atoms with Crippen molar-refractivity contribution in [3.05, 3.63) is 107 Å². The van der Waals surface area contributed by atoms with Crippen molar-refractivity contribution in [1.29, 1.82) is 0 Å². The Morgan fingerprint density at radius 2 is 1.52 bits per heavy atom. The van der Waals surface area contributed by atoms with Crippen LogP contribution in [0.15, 0.2) is 82.4 Å². The first kappa shape index (κ1) is 20.8. The van der Waals surface area contributed by atoms with Gasteiger partial charge in [0.15, 0.2) is 11.6 Å². The minimum Gasteiger partial charge on any atom is -0.416 e. The number of ketones is 2. The van der Waals surface area contributed by atoms with Gasteiger partial charge in [0, 0.05) is 16.7 Å².